The van der Waals surface area contributed by atoms with Crippen molar-refractivity contribution >= 4 is 0 Å². The van der Waals surface area contributed by atoms with Gasteiger partial charge in [0, 0.05) is 12.1 Å². The molecule has 1 unspecified atom stereocenters. The summed E-state index contributed by atoms with van der Waals surface area (Å²) in [6.45, 7) is 4.53. The molecule has 1 aromatic carbocycles. The van der Waals surface area contributed by atoms with E-state index in [-0.39, 0.29) is 0 Å². The first-order valence-corrected chi connectivity index (χ1v) is 7.63. The van der Waals surface area contributed by atoms with Crippen LogP contribution in [0.25, 0.3) is 0 Å². The van der Waals surface area contributed by atoms with Crippen LogP contribution in [-0.2, 0) is 0 Å². The molecule has 1 aliphatic rings. The summed E-state index contributed by atoms with van der Waals surface area (Å²) >= 11 is 0. The highest BCUT2D eigenvalue weighted by Gasteiger charge is 2.23. The summed E-state index contributed by atoms with van der Waals surface area (Å²) in [5.74, 6) is 2.41. The number of rotatable bonds is 6. The van der Waals surface area contributed by atoms with E-state index in [1.807, 2.05) is 6.07 Å². The molecule has 1 fully saturated rings. The van der Waals surface area contributed by atoms with Gasteiger partial charge >= 0.3 is 0 Å². The first-order valence-electron chi connectivity index (χ1n) is 7.63. The van der Waals surface area contributed by atoms with Gasteiger partial charge < -0.3 is 14.8 Å². The van der Waals surface area contributed by atoms with E-state index in [0.717, 1.165) is 17.4 Å². The highest BCUT2D eigenvalue weighted by atomic mass is 16.5. The summed E-state index contributed by atoms with van der Waals surface area (Å²) in [4.78, 5) is 0. The summed E-state index contributed by atoms with van der Waals surface area (Å²) in [6, 6.07) is 7.05. The molecule has 0 amide bonds. The Kier molecular flexibility index (Phi) is 5.30. The van der Waals surface area contributed by atoms with E-state index in [4.69, 9.17) is 9.47 Å². The van der Waals surface area contributed by atoms with E-state index in [2.05, 4.69) is 31.3 Å². The van der Waals surface area contributed by atoms with Gasteiger partial charge in [0.25, 0.3) is 0 Å². The molecule has 0 bridgehead atoms. The third-order valence-corrected chi connectivity index (χ3v) is 4.53. The highest BCUT2D eigenvalue weighted by Crippen LogP contribution is 2.32. The highest BCUT2D eigenvalue weighted by molar-refractivity contribution is 5.43. The van der Waals surface area contributed by atoms with Crippen molar-refractivity contribution in [3.05, 3.63) is 23.8 Å². The summed E-state index contributed by atoms with van der Waals surface area (Å²) < 4.78 is 10.7. The fraction of sp³-hybridized carbons (Fsp3) is 0.647. The first kappa shape index (κ1) is 15.2. The Morgan fingerprint density at radius 1 is 1.05 bits per heavy atom. The molecule has 3 nitrogen and oxygen atoms in total. The molecule has 1 N–H and O–H groups in total. The van der Waals surface area contributed by atoms with Gasteiger partial charge in [0.05, 0.1) is 14.2 Å². The predicted molar refractivity (Wildman–Crippen MR) is 82.5 cm³/mol. The number of benzene rings is 1. The molecule has 0 saturated heterocycles. The maximum Gasteiger partial charge on any atom is 0.161 e. The van der Waals surface area contributed by atoms with Gasteiger partial charge in [0.2, 0.25) is 0 Å². The maximum absolute atomic E-state index is 5.38. The molecule has 1 saturated carbocycles. The summed E-state index contributed by atoms with van der Waals surface area (Å²) in [7, 11) is 3.35. The molecule has 2 atom stereocenters. The standard InChI is InChI=1S/C17H27NO2/c1-12(14-7-5-6-8-14)18-13(2)15-9-10-16(19-3)17(11-15)20-4/h9-14,18H,5-8H2,1-4H3/t12-,13?/m0/s1. The topological polar surface area (TPSA) is 30.5 Å². The van der Waals surface area contributed by atoms with Crippen molar-refractivity contribution in [2.24, 2.45) is 5.92 Å². The van der Waals surface area contributed by atoms with Crippen LogP contribution in [0.2, 0.25) is 0 Å². The molecular weight excluding hydrogens is 250 g/mol. The van der Waals surface area contributed by atoms with E-state index in [1.165, 1.54) is 31.2 Å². The predicted octanol–water partition coefficient (Wildman–Crippen LogP) is 3.93. The molecule has 0 radical (unpaired) electrons. The third-order valence-electron chi connectivity index (χ3n) is 4.53. The Morgan fingerprint density at radius 3 is 2.30 bits per heavy atom. The minimum absolute atomic E-state index is 0.324. The maximum atomic E-state index is 5.38. The first-order chi connectivity index (χ1) is 9.65. The Bertz CT molecular complexity index is 427. The zero-order valence-corrected chi connectivity index (χ0v) is 13.1. The number of methoxy groups -OCH3 is 2. The molecule has 1 aliphatic carbocycles. The van der Waals surface area contributed by atoms with E-state index in [9.17, 15) is 0 Å². The molecule has 0 aliphatic heterocycles. The Balaban J connectivity index is 2.02. The molecule has 0 spiro atoms. The fourth-order valence-corrected chi connectivity index (χ4v) is 3.21. The minimum Gasteiger partial charge on any atom is -0.493 e. The minimum atomic E-state index is 0.324. The molecule has 3 heteroatoms. The largest absolute Gasteiger partial charge is 0.493 e. The molecule has 112 valence electrons. The van der Waals surface area contributed by atoms with Crippen LogP contribution in [-0.4, -0.2) is 20.3 Å². The molecule has 2 rings (SSSR count). The summed E-state index contributed by atoms with van der Waals surface area (Å²) in [5, 5.41) is 3.73. The van der Waals surface area contributed by atoms with Crippen LogP contribution in [0.3, 0.4) is 0 Å². The van der Waals surface area contributed by atoms with Crippen LogP contribution >= 0.6 is 0 Å². The second-order valence-corrected chi connectivity index (χ2v) is 5.84. The molecule has 20 heavy (non-hydrogen) atoms. The lowest BCUT2D eigenvalue weighted by atomic mass is 9.97. The molecule has 0 heterocycles. The van der Waals surface area contributed by atoms with Crippen LogP contribution in [0.15, 0.2) is 18.2 Å². The smallest absolute Gasteiger partial charge is 0.161 e. The van der Waals surface area contributed by atoms with Gasteiger partial charge in [-0.05, 0) is 50.3 Å². The zero-order chi connectivity index (χ0) is 14.5. The van der Waals surface area contributed by atoms with Gasteiger partial charge in [0.15, 0.2) is 11.5 Å². The second-order valence-electron chi connectivity index (χ2n) is 5.84. The Morgan fingerprint density at radius 2 is 1.70 bits per heavy atom. The van der Waals surface area contributed by atoms with Crippen molar-refractivity contribution in [1.82, 2.24) is 5.32 Å². The molecular formula is C17H27NO2. The van der Waals surface area contributed by atoms with Crippen LogP contribution in [0.1, 0.15) is 51.1 Å². The van der Waals surface area contributed by atoms with Gasteiger partial charge in [-0.25, -0.2) is 0 Å². The summed E-state index contributed by atoms with van der Waals surface area (Å²) in [5.41, 5.74) is 1.24. The van der Waals surface area contributed by atoms with Crippen molar-refractivity contribution in [3.63, 3.8) is 0 Å². The third kappa shape index (κ3) is 3.45. The van der Waals surface area contributed by atoms with Crippen LogP contribution < -0.4 is 14.8 Å². The molecule has 0 aromatic heterocycles. The quantitative estimate of drug-likeness (QED) is 0.854. The van der Waals surface area contributed by atoms with Crippen LogP contribution in [0.4, 0.5) is 0 Å². The average Bonchev–Trinajstić information content (AvgIpc) is 3.00. The van der Waals surface area contributed by atoms with Gasteiger partial charge in [-0.1, -0.05) is 18.9 Å². The van der Waals surface area contributed by atoms with Gasteiger partial charge in [0.1, 0.15) is 0 Å². The van der Waals surface area contributed by atoms with E-state index < -0.39 is 0 Å². The van der Waals surface area contributed by atoms with Gasteiger partial charge in [-0.2, -0.15) is 0 Å². The SMILES string of the molecule is COc1ccc(C(C)N[C@@H](C)C2CCCC2)cc1OC. The Labute approximate surface area is 122 Å². The number of hydrogen-bond donors (Lipinski definition) is 1. The number of ether oxygens (including phenoxy) is 2. The van der Waals surface area contributed by atoms with Crippen molar-refractivity contribution < 1.29 is 9.47 Å². The van der Waals surface area contributed by atoms with Crippen LogP contribution in [0.5, 0.6) is 11.5 Å². The second kappa shape index (κ2) is 6.98. The van der Waals surface area contributed by atoms with E-state index in [0.29, 0.717) is 12.1 Å². The van der Waals surface area contributed by atoms with E-state index >= 15 is 0 Å². The number of hydrogen-bond acceptors (Lipinski definition) is 3. The van der Waals surface area contributed by atoms with Crippen LogP contribution in [0, 0.1) is 5.92 Å². The van der Waals surface area contributed by atoms with Gasteiger partial charge in [-0.3, -0.25) is 0 Å². The Hall–Kier alpha value is -1.22. The van der Waals surface area contributed by atoms with Crippen molar-refractivity contribution in [2.45, 2.75) is 51.6 Å². The monoisotopic (exact) mass is 277 g/mol. The lowest BCUT2D eigenvalue weighted by Gasteiger charge is -2.25. The van der Waals surface area contributed by atoms with Crippen molar-refractivity contribution in [3.8, 4) is 11.5 Å². The number of nitrogens with one attached hydrogen (secondary N) is 1. The van der Waals surface area contributed by atoms with Crippen molar-refractivity contribution in [1.29, 1.82) is 0 Å². The van der Waals surface area contributed by atoms with Gasteiger partial charge in [-0.15, -0.1) is 0 Å². The van der Waals surface area contributed by atoms with E-state index in [1.54, 1.807) is 14.2 Å². The average molecular weight is 277 g/mol. The fourth-order valence-electron chi connectivity index (χ4n) is 3.21. The zero-order valence-electron chi connectivity index (χ0n) is 13.1. The lowest BCUT2D eigenvalue weighted by molar-refractivity contribution is 0.345. The normalized spacial score (nSPS) is 18.8. The van der Waals surface area contributed by atoms with Crippen molar-refractivity contribution in [2.75, 3.05) is 14.2 Å². The lowest BCUT2D eigenvalue weighted by Crippen LogP contribution is -2.34. The molecule has 1 aromatic rings. The summed E-state index contributed by atoms with van der Waals surface area (Å²) in [6.07, 6.45) is 5.52.